The van der Waals surface area contributed by atoms with Gasteiger partial charge in [-0.3, -0.25) is 0 Å². The van der Waals surface area contributed by atoms with Gasteiger partial charge in [-0.05, 0) is 90.2 Å². The van der Waals surface area contributed by atoms with Crippen molar-refractivity contribution in [1.82, 2.24) is 0 Å². The van der Waals surface area contributed by atoms with Gasteiger partial charge >= 0.3 is 0 Å². The van der Waals surface area contributed by atoms with Crippen molar-refractivity contribution in [3.8, 4) is 0 Å². The maximum absolute atomic E-state index is 2.52. The van der Waals surface area contributed by atoms with Gasteiger partial charge in [0.1, 0.15) is 0 Å². The molecule has 184 valence electrons. The fraction of sp³-hybridized carbons (Fsp3) is 0.548. The first-order valence-corrected chi connectivity index (χ1v) is 15.0. The summed E-state index contributed by atoms with van der Waals surface area (Å²) in [7, 11) is 8.38. The van der Waals surface area contributed by atoms with Crippen molar-refractivity contribution in [1.29, 1.82) is 0 Å². The molecule has 0 heterocycles. The highest BCUT2D eigenvalue weighted by atomic mass is 31.1. The third-order valence-corrected chi connectivity index (χ3v) is 11.6. The predicted octanol–water partition coefficient (Wildman–Crippen LogP) is 8.75. The van der Waals surface area contributed by atoms with Crippen LogP contribution >= 0.6 is 7.92 Å². The van der Waals surface area contributed by atoms with E-state index in [0.29, 0.717) is 0 Å². The Hall–Kier alpha value is -1.79. The van der Waals surface area contributed by atoms with Crippen molar-refractivity contribution in [3.63, 3.8) is 0 Å². The van der Waals surface area contributed by atoms with Crippen molar-refractivity contribution < 1.29 is 0 Å². The van der Waals surface area contributed by atoms with Crippen LogP contribution in [0.25, 0.3) is 5.57 Å². The van der Waals surface area contributed by atoms with Gasteiger partial charge in [0.25, 0.3) is 0 Å². The molecule has 0 N–H and O–H groups in total. The maximum Gasteiger partial charge on any atom is 0.0361 e. The summed E-state index contributed by atoms with van der Waals surface area (Å²) >= 11 is 0. The second kappa shape index (κ2) is 11.8. The average Bonchev–Trinajstić information content (AvgIpc) is 2.86. The Morgan fingerprint density at radius 3 is 1.26 bits per heavy atom. The lowest BCUT2D eigenvalue weighted by atomic mass is 9.97. The van der Waals surface area contributed by atoms with E-state index >= 15 is 0 Å². The zero-order chi connectivity index (χ0) is 24.1. The SMILES string of the molecule is CC(=C(c1ccc(N(C)C)cc1)c1ccc(N(C)C)cc1)P(C1CCCCC1)C1CCCCC1. The molecule has 2 aliphatic rings. The van der Waals surface area contributed by atoms with E-state index in [1.54, 1.807) is 5.31 Å². The van der Waals surface area contributed by atoms with Crippen LogP contribution in [-0.4, -0.2) is 39.5 Å². The molecule has 0 spiro atoms. The van der Waals surface area contributed by atoms with Crippen LogP contribution in [0.15, 0.2) is 53.8 Å². The first-order chi connectivity index (χ1) is 16.5. The standard InChI is InChI=1S/C31H45N2P/c1-24(34(29-12-8-6-9-13-29)30-14-10-7-11-15-30)31(25-16-20-27(21-17-25)32(2)3)26-18-22-28(23-19-26)33(4)5/h16-23,29-30H,6-15H2,1-5H3. The highest BCUT2D eigenvalue weighted by Crippen LogP contribution is 2.62. The molecule has 0 saturated heterocycles. The molecular formula is C31H45N2P. The topological polar surface area (TPSA) is 6.48 Å². The van der Waals surface area contributed by atoms with Crippen LogP contribution < -0.4 is 9.80 Å². The summed E-state index contributed by atoms with van der Waals surface area (Å²) in [6.07, 6.45) is 14.4. The molecule has 2 aromatic carbocycles. The van der Waals surface area contributed by atoms with Gasteiger partial charge in [-0.1, -0.05) is 70.7 Å². The molecule has 2 saturated carbocycles. The second-order valence-electron chi connectivity index (χ2n) is 10.8. The molecule has 2 aliphatic carbocycles. The van der Waals surface area contributed by atoms with E-state index in [2.05, 4.69) is 93.4 Å². The van der Waals surface area contributed by atoms with Crippen LogP contribution in [0, 0.1) is 0 Å². The van der Waals surface area contributed by atoms with Crippen molar-refractivity contribution in [2.24, 2.45) is 0 Å². The molecule has 0 amide bonds. The van der Waals surface area contributed by atoms with Crippen LogP contribution in [0.1, 0.15) is 82.3 Å². The summed E-state index contributed by atoms with van der Waals surface area (Å²) in [6, 6.07) is 18.6. The monoisotopic (exact) mass is 476 g/mol. The van der Waals surface area contributed by atoms with E-state index in [1.165, 1.54) is 92.3 Å². The molecule has 2 nitrogen and oxygen atoms in total. The Morgan fingerprint density at radius 2 is 0.941 bits per heavy atom. The lowest BCUT2D eigenvalue weighted by molar-refractivity contribution is 0.486. The molecule has 2 aromatic rings. The van der Waals surface area contributed by atoms with Crippen LogP contribution in [0.2, 0.25) is 0 Å². The Balaban J connectivity index is 1.82. The zero-order valence-electron chi connectivity index (χ0n) is 22.2. The molecule has 3 heteroatoms. The van der Waals surface area contributed by atoms with Gasteiger partial charge in [-0.25, -0.2) is 0 Å². The predicted molar refractivity (Wildman–Crippen MR) is 154 cm³/mol. The molecule has 0 aromatic heterocycles. The van der Waals surface area contributed by atoms with Crippen LogP contribution in [0.3, 0.4) is 0 Å². The van der Waals surface area contributed by atoms with Crippen molar-refractivity contribution >= 4 is 24.9 Å². The number of hydrogen-bond donors (Lipinski definition) is 0. The largest absolute Gasteiger partial charge is 0.378 e. The Labute approximate surface area is 210 Å². The molecule has 34 heavy (non-hydrogen) atoms. The first-order valence-electron chi connectivity index (χ1n) is 13.5. The van der Waals surface area contributed by atoms with E-state index in [9.17, 15) is 0 Å². The number of hydrogen-bond acceptors (Lipinski definition) is 2. The third-order valence-electron chi connectivity index (χ3n) is 8.03. The second-order valence-corrected chi connectivity index (χ2v) is 13.8. The minimum absolute atomic E-state index is 0.126. The highest BCUT2D eigenvalue weighted by Gasteiger charge is 2.33. The van der Waals surface area contributed by atoms with Crippen molar-refractivity contribution in [2.45, 2.75) is 82.4 Å². The molecule has 0 atom stereocenters. The molecule has 0 aliphatic heterocycles. The van der Waals surface area contributed by atoms with Gasteiger partial charge in [-0.15, -0.1) is 0 Å². The molecule has 0 unspecified atom stereocenters. The van der Waals surface area contributed by atoms with Crippen molar-refractivity contribution in [3.05, 3.63) is 65.0 Å². The third kappa shape index (κ3) is 5.88. The Kier molecular flexibility index (Phi) is 8.75. The zero-order valence-corrected chi connectivity index (χ0v) is 23.1. The van der Waals surface area contributed by atoms with E-state index in [1.807, 2.05) is 0 Å². The average molecular weight is 477 g/mol. The fourth-order valence-electron chi connectivity index (χ4n) is 6.13. The van der Waals surface area contributed by atoms with Crippen LogP contribution in [0.4, 0.5) is 11.4 Å². The van der Waals surface area contributed by atoms with Gasteiger partial charge < -0.3 is 9.80 Å². The molecule has 4 rings (SSSR count). The number of anilines is 2. The molecule has 0 bridgehead atoms. The van der Waals surface area contributed by atoms with Crippen LogP contribution in [-0.2, 0) is 0 Å². The number of allylic oxidation sites excluding steroid dienone is 1. The number of nitrogens with zero attached hydrogens (tertiary/aromatic N) is 2. The van der Waals surface area contributed by atoms with E-state index in [4.69, 9.17) is 0 Å². The summed E-state index contributed by atoms with van der Waals surface area (Å²) < 4.78 is 0. The van der Waals surface area contributed by atoms with Gasteiger partial charge in [0.05, 0.1) is 0 Å². The number of rotatable bonds is 7. The normalized spacial score (nSPS) is 17.6. The molecule has 2 fully saturated rings. The molecule has 0 radical (unpaired) electrons. The van der Waals surface area contributed by atoms with E-state index in [-0.39, 0.29) is 7.92 Å². The first kappa shape index (κ1) is 25.3. The summed E-state index contributed by atoms with van der Waals surface area (Å²) in [4.78, 5) is 4.39. The molecular weight excluding hydrogens is 431 g/mol. The summed E-state index contributed by atoms with van der Waals surface area (Å²) in [5.74, 6) is 0. The summed E-state index contributed by atoms with van der Waals surface area (Å²) in [5, 5.41) is 1.71. The van der Waals surface area contributed by atoms with Gasteiger partial charge in [0, 0.05) is 39.6 Å². The van der Waals surface area contributed by atoms with E-state index < -0.39 is 0 Å². The Morgan fingerprint density at radius 1 is 0.588 bits per heavy atom. The van der Waals surface area contributed by atoms with E-state index in [0.717, 1.165) is 11.3 Å². The minimum Gasteiger partial charge on any atom is -0.378 e. The summed E-state index contributed by atoms with van der Waals surface area (Å²) in [6.45, 7) is 2.52. The quantitative estimate of drug-likeness (QED) is 0.369. The summed E-state index contributed by atoms with van der Waals surface area (Å²) in [5.41, 5.74) is 8.67. The smallest absolute Gasteiger partial charge is 0.0361 e. The van der Waals surface area contributed by atoms with Crippen LogP contribution in [0.5, 0.6) is 0 Å². The minimum atomic E-state index is -0.126. The maximum atomic E-state index is 2.52. The number of benzene rings is 2. The Bertz CT molecular complexity index is 859. The van der Waals surface area contributed by atoms with Gasteiger partial charge in [0.2, 0.25) is 0 Å². The van der Waals surface area contributed by atoms with Gasteiger partial charge in [0.15, 0.2) is 0 Å². The van der Waals surface area contributed by atoms with Gasteiger partial charge in [-0.2, -0.15) is 0 Å². The highest BCUT2D eigenvalue weighted by molar-refractivity contribution is 7.63. The lowest BCUT2D eigenvalue weighted by Crippen LogP contribution is -2.21. The van der Waals surface area contributed by atoms with Crippen molar-refractivity contribution in [2.75, 3.05) is 38.0 Å². The fourth-order valence-corrected chi connectivity index (χ4v) is 10.2. The lowest BCUT2D eigenvalue weighted by Gasteiger charge is -2.40.